The van der Waals surface area contributed by atoms with E-state index in [2.05, 4.69) is 10.6 Å². The van der Waals surface area contributed by atoms with Gasteiger partial charge in [0, 0.05) is 26.6 Å². The third-order valence-corrected chi connectivity index (χ3v) is 5.36. The van der Waals surface area contributed by atoms with Gasteiger partial charge >= 0.3 is 0 Å². The predicted molar refractivity (Wildman–Crippen MR) is 109 cm³/mol. The summed E-state index contributed by atoms with van der Waals surface area (Å²) in [6.07, 6.45) is 0.908. The quantitative estimate of drug-likeness (QED) is 0.728. The van der Waals surface area contributed by atoms with Crippen molar-refractivity contribution in [2.75, 3.05) is 26.0 Å². The first-order chi connectivity index (χ1) is 13.5. The number of alkyl halides is 1. The van der Waals surface area contributed by atoms with Crippen LogP contribution in [-0.4, -0.2) is 48.6 Å². The van der Waals surface area contributed by atoms with Gasteiger partial charge in [-0.25, -0.2) is 0 Å². The second-order valence-electron chi connectivity index (χ2n) is 7.12. The first-order valence-electron chi connectivity index (χ1n) is 9.33. The van der Waals surface area contributed by atoms with Gasteiger partial charge in [0.15, 0.2) is 0 Å². The number of hydrogen-bond acceptors (Lipinski definition) is 3. The molecule has 1 fully saturated rings. The van der Waals surface area contributed by atoms with E-state index in [-0.39, 0.29) is 42.1 Å². The minimum absolute atomic E-state index is 0.0597. The SMILES string of the molecule is CN1CC(C(=O)NC(CNC(=O)CCl)c2ccc3ccccc3c2)CCC1=O. The normalized spacial score (nSPS) is 18.0. The van der Waals surface area contributed by atoms with Gasteiger partial charge in [-0.05, 0) is 28.8 Å². The number of nitrogens with zero attached hydrogens (tertiary/aromatic N) is 1. The van der Waals surface area contributed by atoms with Gasteiger partial charge < -0.3 is 15.5 Å². The lowest BCUT2D eigenvalue weighted by molar-refractivity contribution is -0.137. The Morgan fingerprint density at radius 3 is 2.68 bits per heavy atom. The Hall–Kier alpha value is -2.60. The highest BCUT2D eigenvalue weighted by Gasteiger charge is 2.29. The van der Waals surface area contributed by atoms with Crippen molar-refractivity contribution >= 4 is 40.1 Å². The fraction of sp³-hybridized carbons (Fsp3) is 0.381. The van der Waals surface area contributed by atoms with Crippen LogP contribution in [0.5, 0.6) is 0 Å². The predicted octanol–water partition coefficient (Wildman–Crippen LogP) is 2.22. The van der Waals surface area contributed by atoms with Gasteiger partial charge in [-0.3, -0.25) is 14.4 Å². The van der Waals surface area contributed by atoms with Crippen LogP contribution in [0.3, 0.4) is 0 Å². The van der Waals surface area contributed by atoms with Crippen molar-refractivity contribution in [2.45, 2.75) is 18.9 Å². The van der Waals surface area contributed by atoms with Crippen LogP contribution in [-0.2, 0) is 14.4 Å². The van der Waals surface area contributed by atoms with E-state index in [0.717, 1.165) is 16.3 Å². The van der Waals surface area contributed by atoms with Gasteiger partial charge in [0.2, 0.25) is 17.7 Å². The number of amides is 3. The zero-order chi connectivity index (χ0) is 20.1. The van der Waals surface area contributed by atoms with Gasteiger partial charge in [-0.15, -0.1) is 11.6 Å². The third-order valence-electron chi connectivity index (χ3n) is 5.11. The minimum atomic E-state index is -0.382. The van der Waals surface area contributed by atoms with E-state index in [1.807, 2.05) is 42.5 Å². The summed E-state index contributed by atoms with van der Waals surface area (Å²) in [6, 6.07) is 13.6. The van der Waals surface area contributed by atoms with Crippen LogP contribution in [0.1, 0.15) is 24.4 Å². The van der Waals surface area contributed by atoms with Crippen LogP contribution >= 0.6 is 11.6 Å². The van der Waals surface area contributed by atoms with Crippen LogP contribution in [0.4, 0.5) is 0 Å². The smallest absolute Gasteiger partial charge is 0.235 e. The molecule has 2 unspecified atom stereocenters. The van der Waals surface area contributed by atoms with Gasteiger partial charge in [-0.2, -0.15) is 0 Å². The van der Waals surface area contributed by atoms with Crippen molar-refractivity contribution in [1.82, 2.24) is 15.5 Å². The summed E-state index contributed by atoms with van der Waals surface area (Å²) in [5.41, 5.74) is 0.905. The van der Waals surface area contributed by atoms with Crippen LogP contribution < -0.4 is 10.6 Å². The largest absolute Gasteiger partial charge is 0.353 e. The fourth-order valence-corrected chi connectivity index (χ4v) is 3.55. The molecular weight excluding hydrogens is 378 g/mol. The zero-order valence-corrected chi connectivity index (χ0v) is 16.5. The number of rotatable bonds is 6. The topological polar surface area (TPSA) is 78.5 Å². The summed E-state index contributed by atoms with van der Waals surface area (Å²) >= 11 is 5.58. The molecule has 7 heteroatoms. The van der Waals surface area contributed by atoms with Gasteiger partial charge in [0.1, 0.15) is 5.88 Å². The molecule has 0 saturated carbocycles. The molecule has 28 heavy (non-hydrogen) atoms. The highest BCUT2D eigenvalue weighted by atomic mass is 35.5. The van der Waals surface area contributed by atoms with Crippen molar-refractivity contribution in [3.63, 3.8) is 0 Å². The van der Waals surface area contributed by atoms with Crippen LogP contribution in [0.2, 0.25) is 0 Å². The van der Waals surface area contributed by atoms with E-state index >= 15 is 0 Å². The Bertz CT molecular complexity index is 886. The molecule has 1 aliphatic heterocycles. The number of nitrogens with one attached hydrogen (secondary N) is 2. The van der Waals surface area contributed by atoms with E-state index < -0.39 is 0 Å². The molecule has 1 saturated heterocycles. The maximum atomic E-state index is 12.8. The molecular formula is C21H24ClN3O3. The second-order valence-corrected chi connectivity index (χ2v) is 7.38. The summed E-state index contributed by atoms with van der Waals surface area (Å²) in [5.74, 6) is -0.727. The molecule has 2 atom stereocenters. The van der Waals surface area contributed by atoms with E-state index in [1.54, 1.807) is 11.9 Å². The van der Waals surface area contributed by atoms with Crippen LogP contribution in [0, 0.1) is 5.92 Å². The van der Waals surface area contributed by atoms with E-state index in [9.17, 15) is 14.4 Å². The highest BCUT2D eigenvalue weighted by molar-refractivity contribution is 6.27. The van der Waals surface area contributed by atoms with Crippen LogP contribution in [0.15, 0.2) is 42.5 Å². The second kappa shape index (κ2) is 9.06. The summed E-state index contributed by atoms with van der Waals surface area (Å²) in [4.78, 5) is 37.7. The van der Waals surface area contributed by atoms with Crippen molar-refractivity contribution in [3.8, 4) is 0 Å². The number of likely N-dealkylation sites (tertiary alicyclic amines) is 1. The number of benzene rings is 2. The molecule has 0 aromatic heterocycles. The number of piperidine rings is 1. The molecule has 0 radical (unpaired) electrons. The first-order valence-corrected chi connectivity index (χ1v) is 9.87. The lowest BCUT2D eigenvalue weighted by atomic mass is 9.95. The molecule has 6 nitrogen and oxygen atoms in total. The summed E-state index contributed by atoms with van der Waals surface area (Å²) in [7, 11) is 1.71. The minimum Gasteiger partial charge on any atom is -0.353 e. The lowest BCUT2D eigenvalue weighted by Crippen LogP contribution is -2.46. The Morgan fingerprint density at radius 1 is 1.21 bits per heavy atom. The maximum absolute atomic E-state index is 12.8. The lowest BCUT2D eigenvalue weighted by Gasteiger charge is -2.30. The molecule has 3 rings (SSSR count). The Labute approximate surface area is 169 Å². The van der Waals surface area contributed by atoms with Crippen molar-refractivity contribution in [3.05, 3.63) is 48.0 Å². The Balaban J connectivity index is 1.78. The molecule has 2 aromatic rings. The monoisotopic (exact) mass is 401 g/mol. The van der Waals surface area contributed by atoms with Gasteiger partial charge in [0.05, 0.1) is 12.0 Å². The van der Waals surface area contributed by atoms with Crippen molar-refractivity contribution in [2.24, 2.45) is 5.92 Å². The Morgan fingerprint density at radius 2 is 1.96 bits per heavy atom. The molecule has 0 spiro atoms. The summed E-state index contributed by atoms with van der Waals surface area (Å²) in [6.45, 7) is 0.653. The number of carbonyl (C=O) groups excluding carboxylic acids is 3. The average molecular weight is 402 g/mol. The summed E-state index contributed by atoms with van der Waals surface area (Å²) < 4.78 is 0. The van der Waals surface area contributed by atoms with Crippen molar-refractivity contribution in [1.29, 1.82) is 0 Å². The Kier molecular flexibility index (Phi) is 6.52. The standard InChI is InChI=1S/C21H24ClN3O3/c1-25-13-17(8-9-20(25)27)21(28)24-18(12-23-19(26)11-22)16-7-6-14-4-2-3-5-15(14)10-16/h2-7,10,17-18H,8-9,11-13H2,1H3,(H,23,26)(H,24,28). The van der Waals surface area contributed by atoms with E-state index in [4.69, 9.17) is 11.6 Å². The van der Waals surface area contributed by atoms with Gasteiger partial charge in [0.25, 0.3) is 0 Å². The molecule has 2 aromatic carbocycles. The molecule has 0 bridgehead atoms. The molecule has 148 valence electrons. The molecule has 2 N–H and O–H groups in total. The maximum Gasteiger partial charge on any atom is 0.235 e. The third kappa shape index (κ3) is 4.81. The number of carbonyl (C=O) groups is 3. The van der Waals surface area contributed by atoms with E-state index in [1.165, 1.54) is 0 Å². The average Bonchev–Trinajstić information content (AvgIpc) is 2.72. The molecule has 1 aliphatic rings. The first kappa shape index (κ1) is 20.1. The number of halogens is 1. The highest BCUT2D eigenvalue weighted by Crippen LogP contribution is 2.22. The molecule has 1 heterocycles. The van der Waals surface area contributed by atoms with Crippen molar-refractivity contribution < 1.29 is 14.4 Å². The van der Waals surface area contributed by atoms with Gasteiger partial charge in [-0.1, -0.05) is 36.4 Å². The van der Waals surface area contributed by atoms with E-state index in [0.29, 0.717) is 19.4 Å². The summed E-state index contributed by atoms with van der Waals surface area (Å²) in [5, 5.41) is 7.97. The zero-order valence-electron chi connectivity index (χ0n) is 15.8. The number of hydrogen-bond donors (Lipinski definition) is 2. The fourth-order valence-electron chi connectivity index (χ4n) is 3.46. The van der Waals surface area contributed by atoms with Crippen LogP contribution in [0.25, 0.3) is 10.8 Å². The molecule has 0 aliphatic carbocycles. The number of fused-ring (bicyclic) bond motifs is 1. The molecule has 3 amide bonds.